The van der Waals surface area contributed by atoms with E-state index in [0.717, 1.165) is 29.3 Å². The molecule has 0 saturated carbocycles. The highest BCUT2D eigenvalue weighted by Gasteiger charge is 2.40. The van der Waals surface area contributed by atoms with Gasteiger partial charge in [0.1, 0.15) is 56.2 Å². The van der Waals surface area contributed by atoms with Gasteiger partial charge in [-0.2, -0.15) is 0 Å². The van der Waals surface area contributed by atoms with Crippen molar-refractivity contribution in [3.63, 3.8) is 0 Å². The zero-order valence-electron chi connectivity index (χ0n) is 49.2. The van der Waals surface area contributed by atoms with Gasteiger partial charge in [-0.25, -0.2) is 48.3 Å². The van der Waals surface area contributed by atoms with Crippen LogP contribution in [0.5, 0.6) is 0 Å². The molecule has 0 bridgehead atoms. The third kappa shape index (κ3) is 18.0. The second kappa shape index (κ2) is 28.9. The van der Waals surface area contributed by atoms with Gasteiger partial charge in [-0.1, -0.05) is 46.9 Å². The molecule has 0 aliphatic carbocycles. The van der Waals surface area contributed by atoms with Crippen LogP contribution in [0.3, 0.4) is 0 Å². The maximum absolute atomic E-state index is 14.1. The van der Waals surface area contributed by atoms with E-state index in [1.807, 2.05) is 32.9 Å². The Morgan fingerprint density at radius 1 is 0.586 bits per heavy atom. The second-order valence-corrected chi connectivity index (χ2v) is 24.9. The number of nitrogen functional groups attached to an aromatic ring is 3. The smallest absolute Gasteiger partial charge is 0.410 e. The average Bonchev–Trinajstić information content (AvgIpc) is 2.10. The number of carboxylic acid groups (broad SMARTS) is 1. The number of aliphatic carboxylic acids is 1. The second-order valence-electron chi connectivity index (χ2n) is 22.8. The lowest BCUT2D eigenvalue weighted by Crippen LogP contribution is -2.53. The van der Waals surface area contributed by atoms with Crippen LogP contribution in [-0.2, 0) is 45.0 Å². The van der Waals surface area contributed by atoms with Crippen LogP contribution < -0.4 is 33.2 Å². The van der Waals surface area contributed by atoms with Gasteiger partial charge in [0, 0.05) is 55.8 Å². The molecule has 4 unspecified atom stereocenters. The Balaban J connectivity index is 0.000000202. The molecule has 10 rings (SSSR count). The molecule has 8 aromatic rings. The van der Waals surface area contributed by atoms with Crippen molar-refractivity contribution < 1.29 is 42.5 Å². The first kappa shape index (κ1) is 64.0. The summed E-state index contributed by atoms with van der Waals surface area (Å²) in [5.41, 5.74) is 19.3. The number of aromatic nitrogens is 8. The highest BCUT2D eigenvalue weighted by molar-refractivity contribution is 7.18. The fourth-order valence-corrected chi connectivity index (χ4v) is 11.9. The summed E-state index contributed by atoms with van der Waals surface area (Å²) < 4.78 is 39.5. The van der Waals surface area contributed by atoms with Gasteiger partial charge in [-0.3, -0.25) is 19.6 Å². The molecule has 0 radical (unpaired) electrons. The van der Waals surface area contributed by atoms with E-state index in [1.54, 1.807) is 67.0 Å². The Labute approximate surface area is 510 Å². The molecular formula is C60H72F2N16O7S2. The first-order chi connectivity index (χ1) is 41.5. The van der Waals surface area contributed by atoms with Crippen LogP contribution in [0.25, 0.3) is 20.7 Å². The molecule has 10 N–H and O–H groups in total. The Bertz CT molecular complexity index is 3650. The fraction of sp³-hybridized carbons (Fsp3) is 0.400. The lowest BCUT2D eigenvalue weighted by Gasteiger charge is -2.42. The average molecular weight is 1230 g/mol. The van der Waals surface area contributed by atoms with Crippen LogP contribution in [-0.4, -0.2) is 114 Å². The van der Waals surface area contributed by atoms with Crippen LogP contribution >= 0.6 is 22.7 Å². The zero-order valence-corrected chi connectivity index (χ0v) is 50.8. The Morgan fingerprint density at radius 3 is 1.43 bits per heavy atom. The number of carbonyl (C=O) groups is 4. The number of pyridine rings is 2. The number of carbonyl (C=O) groups excluding carboxylic acids is 3. The van der Waals surface area contributed by atoms with Crippen LogP contribution in [0.15, 0.2) is 97.8 Å². The number of halogens is 2. The number of hydrogen-bond acceptors (Lipinski definition) is 21. The Hall–Kier alpha value is -8.98. The van der Waals surface area contributed by atoms with E-state index < -0.39 is 47.0 Å². The van der Waals surface area contributed by atoms with E-state index in [4.69, 9.17) is 36.6 Å². The first-order valence-electron chi connectivity index (χ1n) is 28.3. The quantitative estimate of drug-likeness (QED) is 0.0469. The number of likely N-dealkylation sites (tertiary alicyclic amines) is 2. The summed E-state index contributed by atoms with van der Waals surface area (Å²) in [6.07, 6.45) is 10.1. The van der Waals surface area contributed by atoms with Crippen LogP contribution in [0, 0.1) is 11.6 Å². The van der Waals surface area contributed by atoms with E-state index in [0.29, 0.717) is 87.2 Å². The van der Waals surface area contributed by atoms with Gasteiger partial charge in [-0.15, -0.1) is 0 Å². The number of fused-ring (bicyclic) bond motifs is 2. The number of amides is 3. The molecule has 3 amide bonds. The van der Waals surface area contributed by atoms with Crippen molar-refractivity contribution in [1.29, 1.82) is 0 Å². The number of benzene rings is 2. The van der Waals surface area contributed by atoms with Gasteiger partial charge in [0.15, 0.2) is 11.6 Å². The molecule has 2 aliphatic rings. The molecule has 23 nitrogen and oxygen atoms in total. The summed E-state index contributed by atoms with van der Waals surface area (Å²) in [6, 6.07) is 18.8. The van der Waals surface area contributed by atoms with E-state index in [-0.39, 0.29) is 61.4 Å². The molecule has 2 aliphatic heterocycles. The van der Waals surface area contributed by atoms with Crippen molar-refractivity contribution in [3.8, 4) is 0 Å². The third-order valence-corrected chi connectivity index (χ3v) is 15.8. The number of nitrogens with zero attached hydrogens (tertiary/aromatic N) is 10. The molecule has 87 heavy (non-hydrogen) atoms. The lowest BCUT2D eigenvalue weighted by molar-refractivity contribution is -0.139. The number of anilines is 6. The van der Waals surface area contributed by atoms with Crippen molar-refractivity contribution in [3.05, 3.63) is 131 Å². The number of hydrogen-bond donors (Lipinski definition) is 7. The number of rotatable bonds is 15. The van der Waals surface area contributed by atoms with Crippen molar-refractivity contribution in [2.75, 3.05) is 33.2 Å². The van der Waals surface area contributed by atoms with Gasteiger partial charge in [0.2, 0.25) is 5.91 Å². The summed E-state index contributed by atoms with van der Waals surface area (Å²) in [4.78, 5) is 90.8. The maximum Gasteiger partial charge on any atom is 0.410 e. The number of nitrogens with two attached hydrogens (primary N) is 3. The molecule has 4 atom stereocenters. The molecule has 460 valence electrons. The van der Waals surface area contributed by atoms with Crippen LogP contribution in [0.1, 0.15) is 114 Å². The van der Waals surface area contributed by atoms with Gasteiger partial charge in [0.05, 0.1) is 63.7 Å². The van der Waals surface area contributed by atoms with E-state index in [1.165, 1.54) is 72.0 Å². The fourth-order valence-electron chi connectivity index (χ4n) is 9.96. The lowest BCUT2D eigenvalue weighted by atomic mass is 9.92. The minimum absolute atomic E-state index is 0.105. The predicted octanol–water partition coefficient (Wildman–Crippen LogP) is 10.8. The van der Waals surface area contributed by atoms with E-state index >= 15 is 0 Å². The van der Waals surface area contributed by atoms with Crippen molar-refractivity contribution in [1.82, 2.24) is 49.7 Å². The number of thiazole rings is 2. The summed E-state index contributed by atoms with van der Waals surface area (Å²) in [7, 11) is 0. The maximum atomic E-state index is 14.1. The topological polar surface area (TPSA) is 331 Å². The van der Waals surface area contributed by atoms with Gasteiger partial charge in [-0.05, 0) is 129 Å². The normalized spacial score (nSPS) is 16.8. The SMILES string of the molecule is CC(C)(C)OC(=O)N1C(CC(=O)Nc2ccccc2N)CCCC1Cc1nc2c(NCc3ncccc3F)ncnc2s1.CC(C)(C)OC(=O)N1C(CC(=O)O)CCCC1Cc1nc2c(NCc3ncccc3F)ncnc2s1.Nc1ccccc1N. The molecule has 8 heterocycles. The zero-order chi connectivity index (χ0) is 62.4. The molecule has 2 fully saturated rings. The summed E-state index contributed by atoms with van der Waals surface area (Å²) in [5, 5.41) is 20.0. The minimum atomic E-state index is -0.954. The van der Waals surface area contributed by atoms with Gasteiger partial charge in [0.25, 0.3) is 0 Å². The van der Waals surface area contributed by atoms with Crippen molar-refractivity contribution in [2.24, 2.45) is 0 Å². The van der Waals surface area contributed by atoms with E-state index in [2.05, 4.69) is 45.9 Å². The van der Waals surface area contributed by atoms with Gasteiger partial charge >= 0.3 is 18.2 Å². The number of carboxylic acids is 1. The number of ether oxygens (including phenoxy) is 2. The Morgan fingerprint density at radius 2 is 1.01 bits per heavy atom. The monoisotopic (exact) mass is 1230 g/mol. The first-order valence-corrected chi connectivity index (χ1v) is 30.0. The Kier molecular flexibility index (Phi) is 21.3. The largest absolute Gasteiger partial charge is 0.481 e. The molecule has 2 aromatic carbocycles. The van der Waals surface area contributed by atoms with Crippen molar-refractivity contribution in [2.45, 2.75) is 154 Å². The molecule has 2 saturated heterocycles. The third-order valence-electron chi connectivity index (χ3n) is 13.8. The highest BCUT2D eigenvalue weighted by atomic mass is 32.1. The predicted molar refractivity (Wildman–Crippen MR) is 331 cm³/mol. The number of nitrogens with one attached hydrogen (secondary N) is 3. The molecule has 0 spiro atoms. The number of piperidine rings is 2. The standard InChI is InChI=1S/C30H35FN8O3S.C24H29FN6O4S.C6H8N2/c1-30(2,3)42-29(41)39-18(14-24(40)37-22-12-5-4-11-21(22)32)8-6-9-19(39)15-25-38-26-27(35-17-36-28(26)43-25)34-16-23-20(31)10-7-13-33-23;1-24(2,3)35-23(34)31-14(6-4-7-15(31)11-19(32)33)10-18-30-20-21(28-13-29-22(20)36-18)27-12-17-16(25)8-5-9-26-17;7-5-3-1-2-4-6(5)8/h4-5,7,10-13,17-19H,6,8-9,14-16,32H2,1-3H3,(H,37,40)(H,34,35,36);5,8-9,13-15H,4,6-7,10-12H2,1-3H3,(H,32,33)(H,27,28,29);1-4H,7-8H2. The van der Waals surface area contributed by atoms with Crippen LogP contribution in [0.2, 0.25) is 0 Å². The van der Waals surface area contributed by atoms with Crippen molar-refractivity contribution >= 4 is 102 Å². The molecule has 6 aromatic heterocycles. The minimum Gasteiger partial charge on any atom is -0.481 e. The summed E-state index contributed by atoms with van der Waals surface area (Å²) in [5.74, 6) is -1.07. The molecular weight excluding hydrogens is 1160 g/mol. The summed E-state index contributed by atoms with van der Waals surface area (Å²) >= 11 is 2.80. The van der Waals surface area contributed by atoms with Crippen LogP contribution in [0.4, 0.5) is 52.8 Å². The van der Waals surface area contributed by atoms with E-state index in [9.17, 15) is 33.1 Å². The van der Waals surface area contributed by atoms with Gasteiger partial charge < -0.3 is 57.5 Å². The molecule has 27 heteroatoms. The highest BCUT2D eigenvalue weighted by Crippen LogP contribution is 2.35. The number of para-hydroxylation sites is 4. The summed E-state index contributed by atoms with van der Waals surface area (Å²) in [6.45, 7) is 11.1.